The Balaban J connectivity index is 1.25. The lowest BCUT2D eigenvalue weighted by Crippen LogP contribution is -2.50. The lowest BCUT2D eigenvalue weighted by atomic mass is 9.93. The van der Waals surface area contributed by atoms with E-state index in [1.807, 2.05) is 25.7 Å². The van der Waals surface area contributed by atoms with Crippen LogP contribution in [0, 0.1) is 11.3 Å². The molecule has 2 bridgehead atoms. The third kappa shape index (κ3) is 5.30. The van der Waals surface area contributed by atoms with Crippen molar-refractivity contribution in [1.29, 1.82) is 5.26 Å². The van der Waals surface area contributed by atoms with E-state index in [9.17, 15) is 10.1 Å². The summed E-state index contributed by atoms with van der Waals surface area (Å²) in [5.74, 6) is 0.570. The van der Waals surface area contributed by atoms with Gasteiger partial charge in [0.15, 0.2) is 5.75 Å². The van der Waals surface area contributed by atoms with Gasteiger partial charge in [-0.1, -0.05) is 0 Å². The van der Waals surface area contributed by atoms with Crippen molar-refractivity contribution in [3.05, 3.63) is 24.0 Å². The van der Waals surface area contributed by atoms with Crippen LogP contribution in [0.5, 0.6) is 5.75 Å². The van der Waals surface area contributed by atoms with Crippen LogP contribution in [0.1, 0.15) is 77.7 Å². The number of hydrogen-bond donors (Lipinski definition) is 0. The van der Waals surface area contributed by atoms with E-state index in [1.165, 1.54) is 0 Å². The summed E-state index contributed by atoms with van der Waals surface area (Å²) in [5.41, 5.74) is 0.0644. The Labute approximate surface area is 184 Å². The minimum absolute atomic E-state index is 0.0985. The molecule has 31 heavy (non-hydrogen) atoms. The highest BCUT2D eigenvalue weighted by atomic mass is 16.6. The number of nitriles is 1. The number of hydrogen-bond acceptors (Lipinski definition) is 6. The molecule has 3 fully saturated rings. The average Bonchev–Trinajstić information content (AvgIpc) is 3.00. The van der Waals surface area contributed by atoms with Gasteiger partial charge in [-0.25, -0.2) is 4.79 Å². The first kappa shape index (κ1) is 21.9. The van der Waals surface area contributed by atoms with Gasteiger partial charge < -0.3 is 19.1 Å². The molecular formula is C24H33N3O4. The number of piperidine rings is 1. The zero-order valence-electron chi connectivity index (χ0n) is 18.8. The third-order valence-corrected chi connectivity index (χ3v) is 6.50. The van der Waals surface area contributed by atoms with Crippen LogP contribution in [0.4, 0.5) is 4.79 Å². The van der Waals surface area contributed by atoms with E-state index >= 15 is 0 Å². The highest BCUT2D eigenvalue weighted by Gasteiger charge is 2.45. The van der Waals surface area contributed by atoms with Crippen LogP contribution in [0.3, 0.4) is 0 Å². The molecule has 0 spiro atoms. The number of carbonyl (C=O) groups is 1. The molecule has 7 heteroatoms. The van der Waals surface area contributed by atoms with Crippen molar-refractivity contribution < 1.29 is 19.0 Å². The maximum atomic E-state index is 12.6. The van der Waals surface area contributed by atoms with Gasteiger partial charge in [0.05, 0.1) is 30.1 Å². The van der Waals surface area contributed by atoms with Crippen molar-refractivity contribution in [2.75, 3.05) is 0 Å². The van der Waals surface area contributed by atoms with Crippen molar-refractivity contribution >= 4 is 6.09 Å². The Bertz CT molecular complexity index is 809. The predicted molar refractivity (Wildman–Crippen MR) is 115 cm³/mol. The van der Waals surface area contributed by atoms with Gasteiger partial charge in [-0.2, -0.15) is 5.26 Å². The molecule has 7 nitrogen and oxygen atoms in total. The Morgan fingerprint density at radius 1 is 1.06 bits per heavy atom. The molecule has 0 N–H and O–H groups in total. The van der Waals surface area contributed by atoms with Crippen molar-refractivity contribution in [3.63, 3.8) is 0 Å². The standard InChI is InChI=1S/C24H33N3O4/c1-24(2,3)31-23(28)27-17-4-5-18(27)13-21(12-17)29-19-6-8-20(9-7-19)30-22-15-26-11-10-16(22)14-25/h10-11,15,17-21H,4-9,12-13H2,1-3H3/t17-,18+,19?,20?,21?. The summed E-state index contributed by atoms with van der Waals surface area (Å²) in [5, 5.41) is 9.22. The smallest absolute Gasteiger partial charge is 0.410 e. The Morgan fingerprint density at radius 2 is 1.71 bits per heavy atom. The molecule has 1 saturated carbocycles. The molecule has 1 aromatic rings. The normalized spacial score (nSPS) is 30.5. The van der Waals surface area contributed by atoms with Crippen LogP contribution >= 0.6 is 0 Å². The molecule has 3 aliphatic rings. The second kappa shape index (κ2) is 9.04. The minimum atomic E-state index is -0.464. The number of fused-ring (bicyclic) bond motifs is 2. The third-order valence-electron chi connectivity index (χ3n) is 6.50. The zero-order valence-corrected chi connectivity index (χ0v) is 18.8. The van der Waals surface area contributed by atoms with Crippen LogP contribution in [0.15, 0.2) is 18.5 Å². The van der Waals surface area contributed by atoms with Crippen LogP contribution in [-0.2, 0) is 9.47 Å². The van der Waals surface area contributed by atoms with Gasteiger partial charge in [0.25, 0.3) is 0 Å². The fourth-order valence-electron chi connectivity index (χ4n) is 5.16. The molecule has 2 saturated heterocycles. The second-order valence-corrected chi connectivity index (χ2v) is 10.0. The molecule has 2 aliphatic heterocycles. The molecule has 3 atom stereocenters. The van der Waals surface area contributed by atoms with Gasteiger partial charge in [0, 0.05) is 18.3 Å². The summed E-state index contributed by atoms with van der Waals surface area (Å²) < 4.78 is 18.2. The van der Waals surface area contributed by atoms with E-state index in [2.05, 4.69) is 11.1 Å². The van der Waals surface area contributed by atoms with Crippen LogP contribution < -0.4 is 4.74 Å². The summed E-state index contributed by atoms with van der Waals surface area (Å²) in [4.78, 5) is 18.7. The first-order valence-electron chi connectivity index (χ1n) is 11.5. The lowest BCUT2D eigenvalue weighted by molar-refractivity contribution is -0.0813. The number of aromatic nitrogens is 1. The predicted octanol–water partition coefficient (Wildman–Crippen LogP) is 4.59. The molecule has 4 rings (SSSR count). The largest absolute Gasteiger partial charge is 0.487 e. The average molecular weight is 428 g/mol. The topological polar surface area (TPSA) is 84.7 Å². The van der Waals surface area contributed by atoms with E-state index in [0.29, 0.717) is 11.3 Å². The first-order chi connectivity index (χ1) is 14.8. The number of amides is 1. The van der Waals surface area contributed by atoms with E-state index in [1.54, 1.807) is 18.5 Å². The van der Waals surface area contributed by atoms with E-state index < -0.39 is 5.60 Å². The van der Waals surface area contributed by atoms with Crippen molar-refractivity contribution in [2.45, 2.75) is 108 Å². The highest BCUT2D eigenvalue weighted by Crippen LogP contribution is 2.39. The summed E-state index contributed by atoms with van der Waals surface area (Å²) in [6.45, 7) is 5.74. The maximum absolute atomic E-state index is 12.6. The number of carbonyl (C=O) groups excluding carboxylic acids is 1. The molecule has 1 amide bonds. The van der Waals surface area contributed by atoms with Crippen LogP contribution in [0.2, 0.25) is 0 Å². The molecule has 1 aromatic heterocycles. The highest BCUT2D eigenvalue weighted by molar-refractivity contribution is 5.69. The van der Waals surface area contributed by atoms with Crippen molar-refractivity contribution in [3.8, 4) is 11.8 Å². The van der Waals surface area contributed by atoms with Gasteiger partial charge in [-0.3, -0.25) is 4.98 Å². The first-order valence-corrected chi connectivity index (χ1v) is 11.5. The quantitative estimate of drug-likeness (QED) is 0.699. The van der Waals surface area contributed by atoms with Gasteiger partial charge in [-0.05, 0) is 78.2 Å². The van der Waals surface area contributed by atoms with Crippen molar-refractivity contribution in [2.24, 2.45) is 0 Å². The SMILES string of the molecule is CC(C)(C)OC(=O)N1[C@@H]2CC[C@H]1CC(OC1CCC(Oc3cnccc3C#N)CC1)C2. The fourth-order valence-corrected chi connectivity index (χ4v) is 5.16. The Kier molecular flexibility index (Phi) is 6.38. The summed E-state index contributed by atoms with van der Waals surface area (Å²) >= 11 is 0. The Hall–Kier alpha value is -2.33. The fraction of sp³-hybridized carbons (Fsp3) is 0.708. The van der Waals surface area contributed by atoms with Crippen molar-refractivity contribution in [1.82, 2.24) is 9.88 Å². The molecule has 0 radical (unpaired) electrons. The molecule has 1 aliphatic carbocycles. The van der Waals surface area contributed by atoms with Crippen LogP contribution in [0.25, 0.3) is 0 Å². The molecule has 0 aromatic carbocycles. The van der Waals surface area contributed by atoms with Gasteiger partial charge in [0.1, 0.15) is 11.7 Å². The van der Waals surface area contributed by atoms with E-state index in [0.717, 1.165) is 51.4 Å². The van der Waals surface area contributed by atoms with E-state index in [4.69, 9.17) is 14.2 Å². The number of pyridine rings is 1. The van der Waals surface area contributed by atoms with Crippen LogP contribution in [-0.4, -0.2) is 52.0 Å². The molecule has 3 heterocycles. The number of nitrogens with zero attached hydrogens (tertiary/aromatic N) is 3. The second-order valence-electron chi connectivity index (χ2n) is 10.0. The minimum Gasteiger partial charge on any atom is -0.487 e. The lowest BCUT2D eigenvalue weighted by Gasteiger charge is -2.41. The van der Waals surface area contributed by atoms with Gasteiger partial charge in [-0.15, -0.1) is 0 Å². The maximum Gasteiger partial charge on any atom is 0.410 e. The van der Waals surface area contributed by atoms with Gasteiger partial charge in [0.2, 0.25) is 0 Å². The zero-order chi connectivity index (χ0) is 22.0. The molecular weight excluding hydrogens is 394 g/mol. The van der Waals surface area contributed by atoms with E-state index in [-0.39, 0.29) is 36.5 Å². The molecule has 168 valence electrons. The monoisotopic (exact) mass is 427 g/mol. The Morgan fingerprint density at radius 3 is 2.32 bits per heavy atom. The summed E-state index contributed by atoms with van der Waals surface area (Å²) in [6, 6.07) is 4.30. The van der Waals surface area contributed by atoms with Gasteiger partial charge >= 0.3 is 6.09 Å². The summed E-state index contributed by atoms with van der Waals surface area (Å²) in [6.07, 6.45) is 11.2. The molecule has 1 unspecified atom stereocenters. The number of ether oxygens (including phenoxy) is 3. The number of rotatable bonds is 4. The summed E-state index contributed by atoms with van der Waals surface area (Å²) in [7, 11) is 0.